The molecule has 3 rings (SSSR count). The molecule has 1 aliphatic rings. The van der Waals surface area contributed by atoms with Crippen molar-refractivity contribution >= 4 is 0 Å². The van der Waals surface area contributed by atoms with Gasteiger partial charge in [-0.1, -0.05) is 42.5 Å². The Morgan fingerprint density at radius 2 is 1.76 bits per heavy atom. The molecule has 0 aliphatic heterocycles. The molecule has 1 atom stereocenters. The molecule has 1 heteroatoms. The number of phenolic OH excluding ortho intramolecular Hbond substituents is 1. The molecule has 0 heterocycles. The minimum atomic E-state index is 0.428. The molecular formula is C16H16O. The second-order valence-electron chi connectivity index (χ2n) is 4.77. The lowest BCUT2D eigenvalue weighted by atomic mass is 9.93. The molecule has 2 aromatic carbocycles. The fraction of sp³-hybridized carbons (Fsp3) is 0.250. The summed E-state index contributed by atoms with van der Waals surface area (Å²) in [5.74, 6) is 0.997. The van der Waals surface area contributed by atoms with Gasteiger partial charge in [0, 0.05) is 0 Å². The molecule has 0 saturated heterocycles. The molecule has 1 unspecified atom stereocenters. The van der Waals surface area contributed by atoms with Gasteiger partial charge in [0.05, 0.1) is 0 Å². The second-order valence-corrected chi connectivity index (χ2v) is 4.77. The van der Waals surface area contributed by atoms with E-state index in [0.29, 0.717) is 11.7 Å². The topological polar surface area (TPSA) is 20.2 Å². The number of phenols is 1. The van der Waals surface area contributed by atoms with Gasteiger partial charge in [-0.25, -0.2) is 0 Å². The molecule has 1 nitrogen and oxygen atoms in total. The van der Waals surface area contributed by atoms with Gasteiger partial charge >= 0.3 is 0 Å². The lowest BCUT2D eigenvalue weighted by Crippen LogP contribution is -1.98. The molecule has 0 radical (unpaired) electrons. The van der Waals surface area contributed by atoms with E-state index in [-0.39, 0.29) is 0 Å². The lowest BCUT2D eigenvalue weighted by Gasteiger charge is -2.12. The van der Waals surface area contributed by atoms with Gasteiger partial charge in [0.2, 0.25) is 0 Å². The van der Waals surface area contributed by atoms with Gasteiger partial charge in [-0.2, -0.15) is 0 Å². The molecule has 2 aromatic rings. The van der Waals surface area contributed by atoms with Crippen molar-refractivity contribution in [1.29, 1.82) is 0 Å². The minimum absolute atomic E-state index is 0.428. The first-order valence-electron chi connectivity index (χ1n) is 6.19. The average Bonchev–Trinajstić information content (AvgIpc) is 2.76. The highest BCUT2D eigenvalue weighted by molar-refractivity contribution is 5.39. The monoisotopic (exact) mass is 224 g/mol. The van der Waals surface area contributed by atoms with E-state index in [1.54, 1.807) is 6.07 Å². The molecule has 1 N–H and O–H groups in total. The Balaban J connectivity index is 1.87. The fourth-order valence-electron chi connectivity index (χ4n) is 2.81. The number of hydrogen-bond donors (Lipinski definition) is 1. The molecule has 0 spiro atoms. The predicted molar refractivity (Wildman–Crippen MR) is 69.3 cm³/mol. The van der Waals surface area contributed by atoms with Crippen LogP contribution in [0.2, 0.25) is 0 Å². The van der Waals surface area contributed by atoms with Crippen LogP contribution < -0.4 is 0 Å². The van der Waals surface area contributed by atoms with Crippen LogP contribution in [0.3, 0.4) is 0 Å². The minimum Gasteiger partial charge on any atom is -0.508 e. The van der Waals surface area contributed by atoms with E-state index in [2.05, 4.69) is 24.3 Å². The normalized spacial score (nSPS) is 18.0. The van der Waals surface area contributed by atoms with Gasteiger partial charge < -0.3 is 5.11 Å². The largest absolute Gasteiger partial charge is 0.508 e. The third-order valence-corrected chi connectivity index (χ3v) is 3.71. The molecule has 17 heavy (non-hydrogen) atoms. The lowest BCUT2D eigenvalue weighted by molar-refractivity contribution is 0.464. The van der Waals surface area contributed by atoms with Crippen LogP contribution >= 0.6 is 0 Å². The molecule has 0 amide bonds. The number of fused-ring (bicyclic) bond motifs is 1. The van der Waals surface area contributed by atoms with E-state index in [1.165, 1.54) is 24.0 Å². The highest BCUT2D eigenvalue weighted by Crippen LogP contribution is 2.36. The van der Waals surface area contributed by atoms with E-state index < -0.39 is 0 Å². The highest BCUT2D eigenvalue weighted by Gasteiger charge is 2.22. The zero-order valence-corrected chi connectivity index (χ0v) is 9.76. The fourth-order valence-corrected chi connectivity index (χ4v) is 2.81. The van der Waals surface area contributed by atoms with Crippen LogP contribution in [0, 0.1) is 0 Å². The maximum absolute atomic E-state index is 9.82. The molecule has 86 valence electrons. The van der Waals surface area contributed by atoms with Crippen molar-refractivity contribution in [3.63, 3.8) is 0 Å². The van der Waals surface area contributed by atoms with Gasteiger partial charge in [0.1, 0.15) is 5.75 Å². The molecule has 0 fully saturated rings. The van der Waals surface area contributed by atoms with E-state index in [0.717, 1.165) is 12.0 Å². The van der Waals surface area contributed by atoms with Crippen molar-refractivity contribution in [1.82, 2.24) is 0 Å². The molecular weight excluding hydrogens is 208 g/mol. The zero-order chi connectivity index (χ0) is 11.7. The van der Waals surface area contributed by atoms with Gasteiger partial charge in [-0.15, -0.1) is 0 Å². The van der Waals surface area contributed by atoms with Gasteiger partial charge in [0.25, 0.3) is 0 Å². The predicted octanol–water partition coefficient (Wildman–Crippen LogP) is 3.66. The maximum atomic E-state index is 9.82. The Kier molecular flexibility index (Phi) is 2.60. The smallest absolute Gasteiger partial charge is 0.118 e. The van der Waals surface area contributed by atoms with Gasteiger partial charge in [-0.05, 0) is 47.9 Å². The summed E-state index contributed by atoms with van der Waals surface area (Å²) in [6, 6.07) is 16.3. The van der Waals surface area contributed by atoms with Crippen LogP contribution in [-0.2, 0) is 12.8 Å². The summed E-state index contributed by atoms with van der Waals surface area (Å²) in [5.41, 5.74) is 4.01. The van der Waals surface area contributed by atoms with Crippen LogP contribution in [0.15, 0.2) is 48.5 Å². The summed E-state index contributed by atoms with van der Waals surface area (Å²) >= 11 is 0. The molecule has 0 aromatic heterocycles. The Morgan fingerprint density at radius 3 is 2.65 bits per heavy atom. The summed E-state index contributed by atoms with van der Waals surface area (Å²) in [6.45, 7) is 0. The van der Waals surface area contributed by atoms with Crippen LogP contribution in [-0.4, -0.2) is 5.11 Å². The second kappa shape index (κ2) is 4.25. The van der Waals surface area contributed by atoms with Crippen molar-refractivity contribution in [2.24, 2.45) is 0 Å². The number of benzene rings is 2. The molecule has 0 saturated carbocycles. The molecule has 0 bridgehead atoms. The first-order valence-corrected chi connectivity index (χ1v) is 6.19. The van der Waals surface area contributed by atoms with Crippen molar-refractivity contribution in [2.75, 3.05) is 0 Å². The van der Waals surface area contributed by atoms with Crippen LogP contribution in [0.25, 0.3) is 0 Å². The highest BCUT2D eigenvalue weighted by atomic mass is 16.3. The molecule has 1 aliphatic carbocycles. The van der Waals surface area contributed by atoms with Crippen molar-refractivity contribution in [2.45, 2.75) is 25.2 Å². The zero-order valence-electron chi connectivity index (χ0n) is 9.76. The van der Waals surface area contributed by atoms with Crippen LogP contribution in [0.4, 0.5) is 0 Å². The maximum Gasteiger partial charge on any atom is 0.118 e. The summed E-state index contributed by atoms with van der Waals surface area (Å²) in [7, 11) is 0. The first-order chi connectivity index (χ1) is 8.34. The third-order valence-electron chi connectivity index (χ3n) is 3.71. The number of hydrogen-bond acceptors (Lipinski definition) is 1. The Labute approximate surface area is 102 Å². The average molecular weight is 224 g/mol. The van der Waals surface area contributed by atoms with Crippen LogP contribution in [0.1, 0.15) is 29.0 Å². The Morgan fingerprint density at radius 1 is 1.00 bits per heavy atom. The number of aryl methyl sites for hydroxylation is 1. The van der Waals surface area contributed by atoms with E-state index in [1.807, 2.05) is 18.2 Å². The van der Waals surface area contributed by atoms with Crippen molar-refractivity contribution < 1.29 is 5.11 Å². The summed E-state index contributed by atoms with van der Waals surface area (Å²) < 4.78 is 0. The van der Waals surface area contributed by atoms with E-state index >= 15 is 0 Å². The Bertz CT molecular complexity index is 531. The first kappa shape index (κ1) is 10.4. The standard InChI is InChI=1S/C16H16O/c17-16-8-4-2-6-14(16)11-13-10-9-12-5-1-3-7-15(12)13/h1-8,13,17H,9-11H2. The summed E-state index contributed by atoms with van der Waals surface area (Å²) in [4.78, 5) is 0. The van der Waals surface area contributed by atoms with E-state index in [9.17, 15) is 5.11 Å². The summed E-state index contributed by atoms with van der Waals surface area (Å²) in [5, 5.41) is 9.82. The quantitative estimate of drug-likeness (QED) is 0.825. The third kappa shape index (κ3) is 1.93. The van der Waals surface area contributed by atoms with Crippen molar-refractivity contribution in [3.8, 4) is 5.75 Å². The Hall–Kier alpha value is -1.76. The van der Waals surface area contributed by atoms with Gasteiger partial charge in [0.15, 0.2) is 0 Å². The van der Waals surface area contributed by atoms with Crippen molar-refractivity contribution in [3.05, 3.63) is 65.2 Å². The van der Waals surface area contributed by atoms with Gasteiger partial charge in [-0.3, -0.25) is 0 Å². The van der Waals surface area contributed by atoms with Crippen LogP contribution in [0.5, 0.6) is 5.75 Å². The number of aromatic hydroxyl groups is 1. The summed E-state index contributed by atoms with van der Waals surface area (Å²) in [6.07, 6.45) is 3.33. The SMILES string of the molecule is Oc1ccccc1CC1CCc2ccccc21. The number of rotatable bonds is 2. The number of para-hydroxylation sites is 1. The van der Waals surface area contributed by atoms with E-state index in [4.69, 9.17) is 0 Å².